The van der Waals surface area contributed by atoms with Crippen LogP contribution in [0, 0.1) is 5.92 Å². The van der Waals surface area contributed by atoms with Crippen molar-refractivity contribution in [2.24, 2.45) is 5.92 Å². The van der Waals surface area contributed by atoms with Crippen molar-refractivity contribution in [3.8, 4) is 0 Å². The smallest absolute Gasteiger partial charge is 0.00694 e. The molecule has 1 aliphatic rings. The molecule has 78 valence electrons. The zero-order valence-electron chi connectivity index (χ0n) is 9.47. The van der Waals surface area contributed by atoms with E-state index < -0.39 is 0 Å². The summed E-state index contributed by atoms with van der Waals surface area (Å²) >= 11 is 0. The fourth-order valence-electron chi connectivity index (χ4n) is 2.34. The van der Waals surface area contributed by atoms with Crippen LogP contribution in [0.5, 0.6) is 0 Å². The van der Waals surface area contributed by atoms with Crippen molar-refractivity contribution in [3.63, 3.8) is 0 Å². The number of hydrogen-bond acceptors (Lipinski definition) is 1. The van der Waals surface area contributed by atoms with Crippen molar-refractivity contribution in [1.82, 2.24) is 5.32 Å². The van der Waals surface area contributed by atoms with Crippen molar-refractivity contribution in [2.75, 3.05) is 0 Å². The number of hydrogen-bond donors (Lipinski definition) is 1. The van der Waals surface area contributed by atoms with Gasteiger partial charge in [0.25, 0.3) is 0 Å². The summed E-state index contributed by atoms with van der Waals surface area (Å²) in [6, 6.07) is 1.42. The summed E-state index contributed by atoms with van der Waals surface area (Å²) in [5, 5.41) is 3.70. The second-order valence-corrected chi connectivity index (χ2v) is 4.66. The fraction of sp³-hybridized carbons (Fsp3) is 1.00. The van der Waals surface area contributed by atoms with Gasteiger partial charge >= 0.3 is 0 Å². The Kier molecular flexibility index (Phi) is 4.79. The van der Waals surface area contributed by atoms with Gasteiger partial charge in [-0.25, -0.2) is 0 Å². The summed E-state index contributed by atoms with van der Waals surface area (Å²) in [5.41, 5.74) is 0. The molecule has 0 radical (unpaired) electrons. The molecule has 0 aromatic heterocycles. The monoisotopic (exact) mass is 183 g/mol. The molecule has 0 spiro atoms. The minimum Gasteiger partial charge on any atom is -0.312 e. The van der Waals surface area contributed by atoms with Gasteiger partial charge in [-0.3, -0.25) is 0 Å². The Morgan fingerprint density at radius 3 is 2.31 bits per heavy atom. The van der Waals surface area contributed by atoms with Crippen LogP contribution in [-0.4, -0.2) is 12.1 Å². The Morgan fingerprint density at radius 1 is 1.15 bits per heavy atom. The van der Waals surface area contributed by atoms with Crippen LogP contribution in [0.4, 0.5) is 0 Å². The van der Waals surface area contributed by atoms with E-state index in [0.717, 1.165) is 12.0 Å². The molecule has 0 aromatic carbocycles. The standard InChI is InChI=1S/C12H25N/c1-4-10(2)13-11(3)12-8-6-5-7-9-12/h10-13H,4-9H2,1-3H3/t10?,11-/m0/s1. The lowest BCUT2D eigenvalue weighted by atomic mass is 9.84. The van der Waals surface area contributed by atoms with Crippen molar-refractivity contribution in [3.05, 3.63) is 0 Å². The lowest BCUT2D eigenvalue weighted by molar-refractivity contribution is 0.266. The summed E-state index contributed by atoms with van der Waals surface area (Å²) in [7, 11) is 0. The van der Waals surface area contributed by atoms with Crippen LogP contribution in [0.25, 0.3) is 0 Å². The zero-order valence-corrected chi connectivity index (χ0v) is 9.47. The molecular formula is C12H25N. The Labute approximate surface area is 83.3 Å². The van der Waals surface area contributed by atoms with Crippen LogP contribution < -0.4 is 5.32 Å². The highest BCUT2D eigenvalue weighted by atomic mass is 14.9. The van der Waals surface area contributed by atoms with E-state index in [1.165, 1.54) is 38.5 Å². The third kappa shape index (κ3) is 3.68. The minimum absolute atomic E-state index is 0.692. The maximum atomic E-state index is 3.70. The normalized spacial score (nSPS) is 24.2. The molecule has 1 fully saturated rings. The molecule has 0 heterocycles. The lowest BCUT2D eigenvalue weighted by Crippen LogP contribution is -2.39. The molecule has 0 aromatic rings. The highest BCUT2D eigenvalue weighted by Crippen LogP contribution is 2.26. The van der Waals surface area contributed by atoms with Gasteiger partial charge in [0.1, 0.15) is 0 Å². The molecule has 0 aliphatic heterocycles. The Hall–Kier alpha value is -0.0400. The predicted octanol–water partition coefficient (Wildman–Crippen LogP) is 3.34. The van der Waals surface area contributed by atoms with Gasteiger partial charge in [0, 0.05) is 12.1 Å². The second-order valence-electron chi connectivity index (χ2n) is 4.66. The Balaban J connectivity index is 2.24. The lowest BCUT2D eigenvalue weighted by Gasteiger charge is -2.30. The Morgan fingerprint density at radius 2 is 1.77 bits per heavy atom. The van der Waals surface area contributed by atoms with Gasteiger partial charge in [0.15, 0.2) is 0 Å². The van der Waals surface area contributed by atoms with E-state index in [9.17, 15) is 0 Å². The topological polar surface area (TPSA) is 12.0 Å². The first-order valence-electron chi connectivity index (χ1n) is 6.00. The average Bonchev–Trinajstić information content (AvgIpc) is 2.19. The van der Waals surface area contributed by atoms with E-state index in [0.29, 0.717) is 6.04 Å². The summed E-state index contributed by atoms with van der Waals surface area (Å²) in [4.78, 5) is 0. The van der Waals surface area contributed by atoms with E-state index in [-0.39, 0.29) is 0 Å². The van der Waals surface area contributed by atoms with Gasteiger partial charge in [-0.05, 0) is 39.0 Å². The van der Waals surface area contributed by atoms with Gasteiger partial charge in [0.05, 0.1) is 0 Å². The highest BCUT2D eigenvalue weighted by Gasteiger charge is 2.20. The second kappa shape index (κ2) is 5.64. The summed E-state index contributed by atoms with van der Waals surface area (Å²) in [6.45, 7) is 6.91. The third-order valence-corrected chi connectivity index (χ3v) is 3.52. The van der Waals surface area contributed by atoms with E-state index in [4.69, 9.17) is 0 Å². The van der Waals surface area contributed by atoms with Crippen LogP contribution in [0.1, 0.15) is 59.3 Å². The quantitative estimate of drug-likeness (QED) is 0.705. The first-order valence-corrected chi connectivity index (χ1v) is 6.00. The van der Waals surface area contributed by atoms with Gasteiger partial charge < -0.3 is 5.32 Å². The molecule has 0 saturated heterocycles. The molecule has 1 rings (SSSR count). The zero-order chi connectivity index (χ0) is 9.68. The molecule has 1 saturated carbocycles. The molecule has 1 unspecified atom stereocenters. The molecule has 1 aliphatic carbocycles. The largest absolute Gasteiger partial charge is 0.312 e. The van der Waals surface area contributed by atoms with Crippen LogP contribution in [-0.2, 0) is 0 Å². The van der Waals surface area contributed by atoms with Crippen LogP contribution in [0.2, 0.25) is 0 Å². The highest BCUT2D eigenvalue weighted by molar-refractivity contribution is 4.77. The van der Waals surface area contributed by atoms with Crippen molar-refractivity contribution >= 4 is 0 Å². The van der Waals surface area contributed by atoms with Crippen molar-refractivity contribution in [2.45, 2.75) is 71.4 Å². The maximum absolute atomic E-state index is 3.70. The molecule has 1 heteroatoms. The van der Waals surface area contributed by atoms with E-state index in [1.54, 1.807) is 0 Å². The van der Waals surface area contributed by atoms with Crippen molar-refractivity contribution in [1.29, 1.82) is 0 Å². The maximum Gasteiger partial charge on any atom is 0.00694 e. The average molecular weight is 183 g/mol. The molecule has 13 heavy (non-hydrogen) atoms. The van der Waals surface area contributed by atoms with Crippen LogP contribution >= 0.6 is 0 Å². The van der Waals surface area contributed by atoms with Crippen molar-refractivity contribution < 1.29 is 0 Å². The first kappa shape index (κ1) is 11.0. The van der Waals surface area contributed by atoms with Gasteiger partial charge in [-0.2, -0.15) is 0 Å². The van der Waals surface area contributed by atoms with Crippen LogP contribution in [0.15, 0.2) is 0 Å². The molecule has 0 amide bonds. The summed E-state index contributed by atoms with van der Waals surface area (Å²) in [5.74, 6) is 0.947. The SMILES string of the molecule is CCC(C)N[C@@H](C)C1CCCCC1. The summed E-state index contributed by atoms with van der Waals surface area (Å²) < 4.78 is 0. The first-order chi connectivity index (χ1) is 6.24. The molecule has 2 atom stereocenters. The van der Waals surface area contributed by atoms with E-state index in [2.05, 4.69) is 26.1 Å². The molecular weight excluding hydrogens is 158 g/mol. The number of nitrogens with one attached hydrogen (secondary N) is 1. The summed E-state index contributed by atoms with van der Waals surface area (Å²) in [6.07, 6.45) is 8.52. The third-order valence-electron chi connectivity index (χ3n) is 3.52. The van der Waals surface area contributed by atoms with Crippen LogP contribution in [0.3, 0.4) is 0 Å². The predicted molar refractivity (Wildman–Crippen MR) is 58.9 cm³/mol. The van der Waals surface area contributed by atoms with E-state index >= 15 is 0 Å². The number of rotatable bonds is 4. The molecule has 1 nitrogen and oxygen atoms in total. The van der Waals surface area contributed by atoms with Gasteiger partial charge in [-0.1, -0.05) is 26.2 Å². The molecule has 0 bridgehead atoms. The fourth-order valence-corrected chi connectivity index (χ4v) is 2.34. The van der Waals surface area contributed by atoms with E-state index in [1.807, 2.05) is 0 Å². The Bertz CT molecular complexity index is 127. The van der Waals surface area contributed by atoms with Gasteiger partial charge in [-0.15, -0.1) is 0 Å². The minimum atomic E-state index is 0.692. The molecule has 1 N–H and O–H groups in total. The van der Waals surface area contributed by atoms with Gasteiger partial charge in [0.2, 0.25) is 0 Å².